The predicted molar refractivity (Wildman–Crippen MR) is 113 cm³/mol. The van der Waals surface area contributed by atoms with Crippen molar-refractivity contribution in [3.63, 3.8) is 0 Å². The van der Waals surface area contributed by atoms with Gasteiger partial charge in [-0.1, -0.05) is 18.2 Å². The third-order valence-corrected chi connectivity index (χ3v) is 5.94. The molecule has 164 valence electrons. The van der Waals surface area contributed by atoms with Crippen LogP contribution in [0.5, 0.6) is 0 Å². The number of nitrogens with two attached hydrogens (primary N) is 1. The molecular weight excluding hydrogens is 421 g/mol. The van der Waals surface area contributed by atoms with Crippen LogP contribution in [0.1, 0.15) is 40.4 Å². The average Bonchev–Trinajstić information content (AvgIpc) is 3.17. The van der Waals surface area contributed by atoms with Gasteiger partial charge in [-0.05, 0) is 31.0 Å². The van der Waals surface area contributed by atoms with Crippen molar-refractivity contribution in [2.24, 2.45) is 0 Å². The molecule has 1 aliphatic rings. The van der Waals surface area contributed by atoms with E-state index in [2.05, 4.69) is 20.2 Å². The van der Waals surface area contributed by atoms with E-state index in [0.29, 0.717) is 42.7 Å². The number of carbonyl (C=O) groups excluding carboxylic acids is 1. The van der Waals surface area contributed by atoms with Gasteiger partial charge in [-0.15, -0.1) is 0 Å². The summed E-state index contributed by atoms with van der Waals surface area (Å²) in [6.07, 6.45) is -1.93. The Labute approximate surface area is 180 Å². The van der Waals surface area contributed by atoms with Gasteiger partial charge < -0.3 is 10.6 Å². The molecule has 4 aromatic rings. The Morgan fingerprint density at radius 2 is 1.91 bits per heavy atom. The molecule has 0 aliphatic carbocycles. The number of alkyl halides is 3. The molecule has 0 saturated carbocycles. The Balaban J connectivity index is 1.39. The maximum atomic E-state index is 13.6. The Kier molecular flexibility index (Phi) is 4.72. The highest BCUT2D eigenvalue weighted by Crippen LogP contribution is 2.39. The number of piperidine rings is 1. The Morgan fingerprint density at radius 1 is 1.16 bits per heavy atom. The van der Waals surface area contributed by atoms with Crippen LogP contribution in [0.3, 0.4) is 0 Å². The summed E-state index contributed by atoms with van der Waals surface area (Å²) in [6.45, 7) is 0.826. The number of likely N-dealkylation sites (tertiary alicyclic amines) is 1. The van der Waals surface area contributed by atoms with E-state index in [1.807, 2.05) is 24.3 Å². The van der Waals surface area contributed by atoms with Crippen molar-refractivity contribution in [3.8, 4) is 0 Å². The van der Waals surface area contributed by atoms with Crippen molar-refractivity contribution in [3.05, 3.63) is 59.4 Å². The number of hydrogen-bond donors (Lipinski definition) is 2. The summed E-state index contributed by atoms with van der Waals surface area (Å²) in [5, 5.41) is 6.88. The van der Waals surface area contributed by atoms with E-state index >= 15 is 0 Å². The van der Waals surface area contributed by atoms with Gasteiger partial charge in [-0.2, -0.15) is 18.3 Å². The third-order valence-electron chi connectivity index (χ3n) is 5.94. The average molecular weight is 440 g/mol. The predicted octanol–water partition coefficient (Wildman–Crippen LogP) is 4.13. The summed E-state index contributed by atoms with van der Waals surface area (Å²) in [6, 6.07) is 10.2. The summed E-state index contributed by atoms with van der Waals surface area (Å²) >= 11 is 0. The minimum absolute atomic E-state index is 0.0485. The largest absolute Gasteiger partial charge is 0.417 e. The van der Waals surface area contributed by atoms with E-state index < -0.39 is 11.7 Å². The molecule has 1 amide bonds. The summed E-state index contributed by atoms with van der Waals surface area (Å²) in [5.74, 6) is -0.504. The zero-order valence-electron chi connectivity index (χ0n) is 16.9. The van der Waals surface area contributed by atoms with Gasteiger partial charge in [-0.3, -0.25) is 14.9 Å². The molecule has 1 saturated heterocycles. The van der Waals surface area contributed by atoms with Crippen LogP contribution in [-0.2, 0) is 6.18 Å². The Hall–Kier alpha value is -3.69. The normalized spacial score (nSPS) is 15.5. The maximum Gasteiger partial charge on any atom is 0.417 e. The summed E-state index contributed by atoms with van der Waals surface area (Å²) in [4.78, 5) is 23.5. The lowest BCUT2D eigenvalue weighted by atomic mass is 9.91. The number of halogens is 3. The lowest BCUT2D eigenvalue weighted by molar-refractivity contribution is -0.136. The zero-order chi connectivity index (χ0) is 22.5. The van der Waals surface area contributed by atoms with Crippen LogP contribution in [0.4, 0.5) is 19.0 Å². The lowest BCUT2D eigenvalue weighted by Crippen LogP contribution is -2.38. The van der Waals surface area contributed by atoms with Crippen molar-refractivity contribution in [1.82, 2.24) is 25.1 Å². The monoisotopic (exact) mass is 440 g/mol. The number of nitrogens with one attached hydrogen (secondary N) is 1. The van der Waals surface area contributed by atoms with Crippen molar-refractivity contribution < 1.29 is 18.0 Å². The summed E-state index contributed by atoms with van der Waals surface area (Å²) < 4.78 is 40.9. The molecule has 1 aromatic carbocycles. The van der Waals surface area contributed by atoms with Crippen molar-refractivity contribution >= 4 is 33.7 Å². The van der Waals surface area contributed by atoms with E-state index in [1.54, 1.807) is 17.2 Å². The number of hydrogen-bond acceptors (Lipinski definition) is 5. The number of rotatable bonds is 2. The van der Waals surface area contributed by atoms with E-state index in [1.165, 1.54) is 0 Å². The second-order valence-electron chi connectivity index (χ2n) is 7.88. The molecule has 0 spiro atoms. The number of benzene rings is 1. The quantitative estimate of drug-likeness (QED) is 0.488. The number of fused-ring (bicyclic) bond motifs is 2. The van der Waals surface area contributed by atoms with E-state index in [-0.39, 0.29) is 28.7 Å². The molecule has 0 unspecified atom stereocenters. The van der Waals surface area contributed by atoms with Gasteiger partial charge in [0, 0.05) is 36.3 Å². The molecule has 0 atom stereocenters. The fraction of sp³-hybridized carbons (Fsp3) is 0.273. The standard InChI is InChI=1S/C22H19F3N6O/c23-22(24,25)15-11-16(28-20-17(15)19(26)29-30-20)12-6-9-31(10-7-12)21(32)14-5-1-3-13-4-2-8-27-18(13)14/h1-5,8,11-12H,6-7,9-10H2,(H3,26,28,29,30). The molecule has 1 fully saturated rings. The SMILES string of the molecule is Nc1[nH]nc2nc(C3CCN(C(=O)c4cccc5cccnc45)CC3)cc(C(F)(F)F)c12. The van der Waals surface area contributed by atoms with Crippen LogP contribution in [0.25, 0.3) is 21.9 Å². The fourth-order valence-corrected chi connectivity index (χ4v) is 4.32. The molecule has 7 nitrogen and oxygen atoms in total. The van der Waals surface area contributed by atoms with E-state index in [9.17, 15) is 18.0 Å². The molecule has 32 heavy (non-hydrogen) atoms. The topological polar surface area (TPSA) is 101 Å². The first kappa shape index (κ1) is 20.2. The van der Waals surface area contributed by atoms with Crippen LogP contribution in [0, 0.1) is 0 Å². The number of para-hydroxylation sites is 1. The number of nitrogens with zero attached hydrogens (tertiary/aromatic N) is 4. The molecule has 3 N–H and O–H groups in total. The molecular formula is C22H19F3N6O. The second kappa shape index (κ2) is 7.47. The van der Waals surface area contributed by atoms with Gasteiger partial charge in [0.2, 0.25) is 0 Å². The van der Waals surface area contributed by atoms with E-state index in [0.717, 1.165) is 11.5 Å². The van der Waals surface area contributed by atoms with Gasteiger partial charge >= 0.3 is 6.18 Å². The number of amides is 1. The lowest BCUT2D eigenvalue weighted by Gasteiger charge is -2.32. The number of aromatic amines is 1. The molecule has 0 bridgehead atoms. The van der Waals surface area contributed by atoms with Gasteiger partial charge in [-0.25, -0.2) is 4.98 Å². The number of anilines is 1. The van der Waals surface area contributed by atoms with Crippen LogP contribution in [0.15, 0.2) is 42.6 Å². The highest BCUT2D eigenvalue weighted by atomic mass is 19.4. The molecule has 0 radical (unpaired) electrons. The first-order valence-corrected chi connectivity index (χ1v) is 10.2. The second-order valence-corrected chi connectivity index (χ2v) is 7.88. The smallest absolute Gasteiger partial charge is 0.383 e. The van der Waals surface area contributed by atoms with Crippen molar-refractivity contribution in [2.45, 2.75) is 24.9 Å². The fourth-order valence-electron chi connectivity index (χ4n) is 4.32. The van der Waals surface area contributed by atoms with Crippen LogP contribution in [-0.4, -0.2) is 44.1 Å². The van der Waals surface area contributed by atoms with E-state index in [4.69, 9.17) is 5.73 Å². The third kappa shape index (κ3) is 3.41. The number of carbonyl (C=O) groups is 1. The van der Waals surface area contributed by atoms with Crippen LogP contribution < -0.4 is 5.73 Å². The summed E-state index contributed by atoms with van der Waals surface area (Å²) in [7, 11) is 0. The molecule has 3 aromatic heterocycles. The number of H-pyrrole nitrogens is 1. The van der Waals surface area contributed by atoms with Gasteiger partial charge in [0.1, 0.15) is 5.82 Å². The van der Waals surface area contributed by atoms with Crippen LogP contribution in [0.2, 0.25) is 0 Å². The number of nitrogen functional groups attached to an aromatic ring is 1. The van der Waals surface area contributed by atoms with Gasteiger partial charge in [0.15, 0.2) is 5.65 Å². The number of pyridine rings is 2. The maximum absolute atomic E-state index is 13.6. The highest BCUT2D eigenvalue weighted by molar-refractivity contribution is 6.05. The molecule has 10 heteroatoms. The molecule has 5 rings (SSSR count). The Bertz CT molecular complexity index is 1320. The minimum atomic E-state index is -4.58. The number of aromatic nitrogens is 4. The first-order valence-electron chi connectivity index (χ1n) is 10.2. The van der Waals surface area contributed by atoms with Crippen molar-refractivity contribution in [1.29, 1.82) is 0 Å². The first-order chi connectivity index (χ1) is 15.3. The Morgan fingerprint density at radius 3 is 2.66 bits per heavy atom. The zero-order valence-corrected chi connectivity index (χ0v) is 16.9. The van der Waals surface area contributed by atoms with Gasteiger partial charge in [0.25, 0.3) is 5.91 Å². The van der Waals surface area contributed by atoms with Crippen LogP contribution >= 0.6 is 0 Å². The summed E-state index contributed by atoms with van der Waals surface area (Å²) in [5.41, 5.74) is 6.22. The minimum Gasteiger partial charge on any atom is -0.383 e. The van der Waals surface area contributed by atoms with Gasteiger partial charge in [0.05, 0.1) is 22.0 Å². The van der Waals surface area contributed by atoms with Crippen molar-refractivity contribution in [2.75, 3.05) is 18.8 Å². The molecule has 4 heterocycles. The molecule has 1 aliphatic heterocycles. The highest BCUT2D eigenvalue weighted by Gasteiger charge is 2.36.